The molecule has 43 heavy (non-hydrogen) atoms. The van der Waals surface area contributed by atoms with Crippen molar-refractivity contribution in [2.75, 3.05) is 31.2 Å². The molecule has 1 saturated heterocycles. The first-order valence-corrected chi connectivity index (χ1v) is 15.5. The Morgan fingerprint density at radius 1 is 0.953 bits per heavy atom. The van der Waals surface area contributed by atoms with E-state index in [4.69, 9.17) is 30.6 Å². The van der Waals surface area contributed by atoms with E-state index in [1.165, 1.54) is 32.1 Å². The number of aromatic nitrogens is 4. The molecule has 0 spiro atoms. The Morgan fingerprint density at radius 3 is 2.14 bits per heavy atom. The van der Waals surface area contributed by atoms with Crippen molar-refractivity contribution in [3.05, 3.63) is 47.9 Å². The van der Waals surface area contributed by atoms with Gasteiger partial charge in [0.25, 0.3) is 5.90 Å². The number of nitrogens with one attached hydrogen (secondary N) is 1. The van der Waals surface area contributed by atoms with Crippen LogP contribution in [0.4, 0.5) is 10.7 Å². The number of fused-ring (bicyclic) bond motifs is 1. The Bertz CT molecular complexity index is 1310. The Labute approximate surface area is 254 Å². The normalized spacial score (nSPS) is 20.7. The van der Waals surface area contributed by atoms with Gasteiger partial charge in [0.1, 0.15) is 5.52 Å². The molecule has 0 atom stereocenters. The summed E-state index contributed by atoms with van der Waals surface area (Å²) >= 11 is 0. The number of hydrogen-bond donors (Lipinski definition) is 2. The highest BCUT2D eigenvalue weighted by Gasteiger charge is 2.30. The third-order valence-corrected chi connectivity index (χ3v) is 8.54. The van der Waals surface area contributed by atoms with Crippen LogP contribution in [-0.4, -0.2) is 57.8 Å². The third kappa shape index (κ3) is 8.54. The highest BCUT2D eigenvalue weighted by molar-refractivity contribution is 5.96. The third-order valence-electron chi connectivity index (χ3n) is 8.54. The molecule has 10 heteroatoms. The molecule has 1 aliphatic heterocycles. The Balaban J connectivity index is 0.000000466. The van der Waals surface area contributed by atoms with E-state index >= 15 is 0 Å². The van der Waals surface area contributed by atoms with E-state index in [1.54, 1.807) is 0 Å². The van der Waals surface area contributed by atoms with Gasteiger partial charge in [-0.15, -0.1) is 12.8 Å². The van der Waals surface area contributed by atoms with Crippen molar-refractivity contribution in [1.82, 2.24) is 19.5 Å². The minimum atomic E-state index is -1.04. The van der Waals surface area contributed by atoms with Gasteiger partial charge in [0.05, 0.1) is 18.9 Å². The summed E-state index contributed by atoms with van der Waals surface area (Å²) in [5, 5.41) is 8.22. The zero-order chi connectivity index (χ0) is 30.6. The fourth-order valence-corrected chi connectivity index (χ4v) is 6.29. The summed E-state index contributed by atoms with van der Waals surface area (Å²) in [5.74, 6) is 2.21. The number of terminal acetylenes is 1. The first kappa shape index (κ1) is 32.0. The topological polar surface area (TPSA) is 132 Å². The van der Waals surface area contributed by atoms with Gasteiger partial charge >= 0.3 is 6.09 Å². The lowest BCUT2D eigenvalue weighted by Gasteiger charge is -2.31. The van der Waals surface area contributed by atoms with Gasteiger partial charge in [-0.25, -0.2) is 14.8 Å². The average molecular weight is 588 g/mol. The average Bonchev–Trinajstić information content (AvgIpc) is 3.42. The van der Waals surface area contributed by atoms with Crippen molar-refractivity contribution in [1.29, 1.82) is 5.41 Å². The Morgan fingerprint density at radius 2 is 1.56 bits per heavy atom. The predicted molar refractivity (Wildman–Crippen MR) is 169 cm³/mol. The molecule has 2 saturated carbocycles. The molecular formula is C33H45N7O3. The van der Waals surface area contributed by atoms with E-state index in [-0.39, 0.29) is 11.7 Å². The van der Waals surface area contributed by atoms with E-state index in [1.807, 2.05) is 36.4 Å². The van der Waals surface area contributed by atoms with Crippen LogP contribution in [0.2, 0.25) is 0 Å². The fraction of sp³-hybridized carbons (Fsp3) is 0.545. The summed E-state index contributed by atoms with van der Waals surface area (Å²) in [4.78, 5) is 28.0. The lowest BCUT2D eigenvalue weighted by atomic mass is 9.83. The molecule has 6 rings (SSSR count). The standard InChI is InChI=1S/C25H37N7O3.C6H6.C2H2/c1-16-7-9-17(10-8-16)15-32-20-19(18-5-3-2-4-6-18)28-23(21(26)35-24(27)33)29-22(20)30-25(32)31-11-13-34-14-12-31;1-2-4-6-5-3-1;1-2/h16-18,26H,2-15H2,1H3,(H2,27,33);1-6H;1-2H. The summed E-state index contributed by atoms with van der Waals surface area (Å²) in [6, 6.07) is 12.0. The number of anilines is 1. The van der Waals surface area contributed by atoms with Gasteiger partial charge in [-0.05, 0) is 37.5 Å². The van der Waals surface area contributed by atoms with Crippen LogP contribution < -0.4 is 10.6 Å². The van der Waals surface area contributed by atoms with Crippen molar-refractivity contribution in [2.45, 2.75) is 77.2 Å². The van der Waals surface area contributed by atoms with Gasteiger partial charge < -0.3 is 24.7 Å². The molecular weight excluding hydrogens is 542 g/mol. The molecule has 2 aliphatic carbocycles. The predicted octanol–water partition coefficient (Wildman–Crippen LogP) is 5.89. The van der Waals surface area contributed by atoms with Crippen LogP contribution in [-0.2, 0) is 16.0 Å². The lowest BCUT2D eigenvalue weighted by molar-refractivity contribution is 0.121. The maximum Gasteiger partial charge on any atom is 0.411 e. The fourth-order valence-electron chi connectivity index (χ4n) is 6.29. The molecule has 2 aromatic heterocycles. The number of amides is 1. The van der Waals surface area contributed by atoms with Crippen molar-refractivity contribution in [3.8, 4) is 12.8 Å². The second-order valence-electron chi connectivity index (χ2n) is 11.6. The molecule has 3 N–H and O–H groups in total. The molecule has 1 aromatic carbocycles. The van der Waals surface area contributed by atoms with Crippen LogP contribution in [0.1, 0.15) is 82.1 Å². The number of carbonyl (C=O) groups excluding carboxylic acids is 1. The summed E-state index contributed by atoms with van der Waals surface area (Å²) in [7, 11) is 0. The second-order valence-corrected chi connectivity index (χ2v) is 11.6. The monoisotopic (exact) mass is 587 g/mol. The van der Waals surface area contributed by atoms with Gasteiger partial charge in [0.15, 0.2) is 5.65 Å². The van der Waals surface area contributed by atoms with Gasteiger partial charge in [-0.1, -0.05) is 75.4 Å². The smallest absolute Gasteiger partial charge is 0.388 e. The van der Waals surface area contributed by atoms with Crippen LogP contribution >= 0.6 is 0 Å². The SMILES string of the molecule is C#C.CC1CCC(Cn2c(N3CCOCC3)nc3nc(C(=N)OC(N)=O)nc(C4CCCCC4)c32)CC1.c1ccccc1. The number of rotatable bonds is 5. The van der Waals surface area contributed by atoms with Gasteiger partial charge in [-0.2, -0.15) is 4.98 Å². The van der Waals surface area contributed by atoms with Crippen LogP contribution in [0.3, 0.4) is 0 Å². The Hall–Kier alpha value is -3.97. The number of ether oxygens (including phenoxy) is 2. The minimum absolute atomic E-state index is 0.0709. The molecule has 3 aromatic rings. The van der Waals surface area contributed by atoms with E-state index in [0.717, 1.165) is 68.4 Å². The van der Waals surface area contributed by atoms with E-state index < -0.39 is 12.0 Å². The molecule has 3 aliphatic rings. The summed E-state index contributed by atoms with van der Waals surface area (Å²) in [5.41, 5.74) is 7.65. The second kappa shape index (κ2) is 16.0. The quantitative estimate of drug-likeness (QED) is 0.216. The minimum Gasteiger partial charge on any atom is -0.388 e. The molecule has 230 valence electrons. The highest BCUT2D eigenvalue weighted by atomic mass is 16.6. The zero-order valence-electron chi connectivity index (χ0n) is 25.3. The first-order valence-electron chi connectivity index (χ1n) is 15.5. The number of morpholine rings is 1. The zero-order valence-corrected chi connectivity index (χ0v) is 25.3. The summed E-state index contributed by atoms with van der Waals surface area (Å²) in [6.07, 6.45) is 17.6. The highest BCUT2D eigenvalue weighted by Crippen LogP contribution is 2.38. The number of nitrogens with two attached hydrogens (primary N) is 1. The number of primary amides is 1. The molecule has 3 fully saturated rings. The number of hydrogen-bond acceptors (Lipinski definition) is 8. The largest absolute Gasteiger partial charge is 0.411 e. The number of imidazole rings is 1. The molecule has 0 unspecified atom stereocenters. The molecule has 1 amide bonds. The Kier molecular flexibility index (Phi) is 11.9. The molecule has 0 bridgehead atoms. The van der Waals surface area contributed by atoms with Crippen molar-refractivity contribution in [2.24, 2.45) is 17.6 Å². The first-order chi connectivity index (χ1) is 21.0. The van der Waals surface area contributed by atoms with Gasteiger partial charge in [0, 0.05) is 25.6 Å². The van der Waals surface area contributed by atoms with Crippen molar-refractivity contribution in [3.63, 3.8) is 0 Å². The number of nitrogens with zero attached hydrogens (tertiary/aromatic N) is 5. The van der Waals surface area contributed by atoms with Crippen molar-refractivity contribution >= 4 is 29.1 Å². The van der Waals surface area contributed by atoms with Crippen LogP contribution in [0, 0.1) is 30.1 Å². The van der Waals surface area contributed by atoms with Gasteiger partial charge in [0.2, 0.25) is 11.8 Å². The van der Waals surface area contributed by atoms with E-state index in [0.29, 0.717) is 24.8 Å². The van der Waals surface area contributed by atoms with Gasteiger partial charge in [-0.3, -0.25) is 5.41 Å². The van der Waals surface area contributed by atoms with Crippen LogP contribution in [0.25, 0.3) is 11.2 Å². The number of benzene rings is 1. The maximum atomic E-state index is 11.3. The lowest BCUT2D eigenvalue weighted by Crippen LogP contribution is -2.38. The maximum absolute atomic E-state index is 11.3. The summed E-state index contributed by atoms with van der Waals surface area (Å²) < 4.78 is 12.8. The van der Waals surface area contributed by atoms with Crippen molar-refractivity contribution < 1.29 is 14.3 Å². The molecule has 0 radical (unpaired) electrons. The van der Waals surface area contributed by atoms with Crippen LogP contribution in [0.5, 0.6) is 0 Å². The molecule has 3 heterocycles. The van der Waals surface area contributed by atoms with E-state index in [2.05, 4.69) is 34.2 Å². The van der Waals surface area contributed by atoms with E-state index in [9.17, 15) is 4.79 Å². The number of carbonyl (C=O) groups is 1. The summed E-state index contributed by atoms with van der Waals surface area (Å²) in [6.45, 7) is 6.16. The molecule has 10 nitrogen and oxygen atoms in total. The van der Waals surface area contributed by atoms with Crippen LogP contribution in [0.15, 0.2) is 36.4 Å².